The molecule has 1 heterocycles. The Morgan fingerprint density at radius 1 is 1.19 bits per heavy atom. The van der Waals surface area contributed by atoms with Gasteiger partial charge in [0, 0.05) is 9.75 Å². The van der Waals surface area contributed by atoms with Gasteiger partial charge in [0.1, 0.15) is 5.82 Å². The molecule has 2 aromatic rings. The molecule has 1 nitrogen and oxygen atoms in total. The molecule has 1 aromatic carbocycles. The molecule has 0 amide bonds. The molecule has 0 aliphatic rings. The van der Waals surface area contributed by atoms with Gasteiger partial charge in [-0.15, -0.1) is 11.3 Å². The van der Waals surface area contributed by atoms with Crippen LogP contribution >= 0.6 is 11.3 Å². The van der Waals surface area contributed by atoms with Gasteiger partial charge in [0.25, 0.3) is 0 Å². The summed E-state index contributed by atoms with van der Waals surface area (Å²) in [5.41, 5.74) is -0.882. The quantitative estimate of drug-likeness (QED) is 0.790. The van der Waals surface area contributed by atoms with Crippen LogP contribution in [0.5, 0.6) is 0 Å². The molecule has 114 valence electrons. The van der Waals surface area contributed by atoms with E-state index in [1.807, 2.05) is 13.0 Å². The lowest BCUT2D eigenvalue weighted by atomic mass is 9.98. The first-order valence-corrected chi connectivity index (χ1v) is 7.31. The van der Waals surface area contributed by atoms with Gasteiger partial charge in [0.05, 0.1) is 11.6 Å². The van der Waals surface area contributed by atoms with E-state index in [9.17, 15) is 17.6 Å². The Bertz CT molecular complexity index is 618. The molecule has 0 saturated heterocycles. The Kier molecular flexibility index (Phi) is 4.68. The van der Waals surface area contributed by atoms with Crippen molar-refractivity contribution in [3.05, 3.63) is 57.0 Å². The highest BCUT2D eigenvalue weighted by molar-refractivity contribution is 7.12. The Morgan fingerprint density at radius 3 is 2.43 bits per heavy atom. The lowest BCUT2D eigenvalue weighted by Crippen LogP contribution is -2.24. The zero-order valence-corrected chi connectivity index (χ0v) is 12.4. The number of hydrogen-bond acceptors (Lipinski definition) is 2. The summed E-state index contributed by atoms with van der Waals surface area (Å²) in [4.78, 5) is 1.74. The molecule has 21 heavy (non-hydrogen) atoms. The van der Waals surface area contributed by atoms with Crippen molar-refractivity contribution in [3.63, 3.8) is 0 Å². The van der Waals surface area contributed by atoms with E-state index in [0.29, 0.717) is 6.54 Å². The zero-order valence-electron chi connectivity index (χ0n) is 11.6. The molecule has 1 unspecified atom stereocenters. The number of hydrogen-bond donors (Lipinski definition) is 1. The average molecular weight is 317 g/mol. The van der Waals surface area contributed by atoms with Gasteiger partial charge in [0.2, 0.25) is 0 Å². The second-order valence-electron chi connectivity index (χ2n) is 4.67. The van der Waals surface area contributed by atoms with Crippen LogP contribution in [0.2, 0.25) is 0 Å². The minimum absolute atomic E-state index is 0.0776. The van der Waals surface area contributed by atoms with Gasteiger partial charge in [-0.1, -0.05) is 6.92 Å². The van der Waals surface area contributed by atoms with Crippen molar-refractivity contribution in [1.82, 2.24) is 5.32 Å². The van der Waals surface area contributed by atoms with Crippen LogP contribution in [0.3, 0.4) is 0 Å². The molecule has 6 heteroatoms. The Hall–Kier alpha value is -1.40. The maximum absolute atomic E-state index is 13.5. The van der Waals surface area contributed by atoms with E-state index in [1.54, 1.807) is 13.0 Å². The molecule has 1 atom stereocenters. The third-order valence-electron chi connectivity index (χ3n) is 3.08. The number of benzene rings is 1. The summed E-state index contributed by atoms with van der Waals surface area (Å²) in [6, 6.07) is 5.56. The third-order valence-corrected chi connectivity index (χ3v) is 4.15. The van der Waals surface area contributed by atoms with E-state index >= 15 is 0 Å². The molecule has 0 bridgehead atoms. The first kappa shape index (κ1) is 16.0. The number of rotatable bonds is 4. The van der Waals surface area contributed by atoms with E-state index < -0.39 is 23.6 Å². The fourth-order valence-electron chi connectivity index (χ4n) is 2.21. The standard InChI is InChI=1S/C15H15F4NS/c1-3-20-14(13-7-4-9(2)21-13)11-8-10(16)5-6-12(11)15(17,18)19/h4-8,14,20H,3H2,1-2H3. The highest BCUT2D eigenvalue weighted by Crippen LogP contribution is 2.38. The topological polar surface area (TPSA) is 12.0 Å². The predicted octanol–water partition coefficient (Wildman–Crippen LogP) is 4.91. The summed E-state index contributed by atoms with van der Waals surface area (Å²) in [6.45, 7) is 4.17. The largest absolute Gasteiger partial charge is 0.416 e. The van der Waals surface area contributed by atoms with Crippen LogP contribution in [-0.2, 0) is 6.18 Å². The van der Waals surface area contributed by atoms with Crippen molar-refractivity contribution in [2.45, 2.75) is 26.1 Å². The second-order valence-corrected chi connectivity index (χ2v) is 5.99. The minimum atomic E-state index is -4.51. The van der Waals surface area contributed by atoms with E-state index in [4.69, 9.17) is 0 Å². The van der Waals surface area contributed by atoms with Gasteiger partial charge in [-0.05, 0) is 49.4 Å². The molecule has 2 rings (SSSR count). The molecule has 0 aliphatic heterocycles. The van der Waals surface area contributed by atoms with Crippen LogP contribution in [0, 0.1) is 12.7 Å². The summed E-state index contributed by atoms with van der Waals surface area (Å²) in [5, 5.41) is 3.01. The summed E-state index contributed by atoms with van der Waals surface area (Å²) < 4.78 is 52.9. The minimum Gasteiger partial charge on any atom is -0.306 e. The number of halogens is 4. The fraction of sp³-hybridized carbons (Fsp3) is 0.333. The first-order chi connectivity index (χ1) is 9.82. The summed E-state index contributed by atoms with van der Waals surface area (Å²) in [7, 11) is 0. The predicted molar refractivity (Wildman–Crippen MR) is 76.0 cm³/mol. The smallest absolute Gasteiger partial charge is 0.306 e. The van der Waals surface area contributed by atoms with Crippen LogP contribution in [0.15, 0.2) is 30.3 Å². The van der Waals surface area contributed by atoms with Gasteiger partial charge < -0.3 is 5.32 Å². The molecule has 0 spiro atoms. The highest BCUT2D eigenvalue weighted by atomic mass is 32.1. The Balaban J connectivity index is 2.56. The number of aryl methyl sites for hydroxylation is 1. The summed E-state index contributed by atoms with van der Waals surface area (Å²) in [6.07, 6.45) is -4.51. The Morgan fingerprint density at radius 2 is 1.90 bits per heavy atom. The number of alkyl halides is 3. The van der Waals surface area contributed by atoms with Crippen molar-refractivity contribution in [1.29, 1.82) is 0 Å². The van der Waals surface area contributed by atoms with Crippen LogP contribution in [-0.4, -0.2) is 6.54 Å². The van der Waals surface area contributed by atoms with Crippen molar-refractivity contribution in [2.24, 2.45) is 0 Å². The van der Waals surface area contributed by atoms with Gasteiger partial charge in [-0.25, -0.2) is 4.39 Å². The molecule has 0 saturated carbocycles. The number of nitrogens with one attached hydrogen (secondary N) is 1. The molecular formula is C15H15F4NS. The van der Waals surface area contributed by atoms with Crippen LogP contribution < -0.4 is 5.32 Å². The maximum atomic E-state index is 13.5. The summed E-state index contributed by atoms with van der Waals surface area (Å²) in [5.74, 6) is -0.672. The molecule has 1 aromatic heterocycles. The van der Waals surface area contributed by atoms with E-state index in [0.717, 1.165) is 28.0 Å². The second kappa shape index (κ2) is 6.15. The first-order valence-electron chi connectivity index (χ1n) is 6.49. The fourth-order valence-corrected chi connectivity index (χ4v) is 3.18. The van der Waals surface area contributed by atoms with Gasteiger partial charge >= 0.3 is 6.18 Å². The lowest BCUT2D eigenvalue weighted by molar-refractivity contribution is -0.138. The lowest BCUT2D eigenvalue weighted by Gasteiger charge is -2.21. The van der Waals surface area contributed by atoms with Crippen molar-refractivity contribution >= 4 is 11.3 Å². The summed E-state index contributed by atoms with van der Waals surface area (Å²) >= 11 is 1.40. The normalized spacial score (nSPS) is 13.4. The monoisotopic (exact) mass is 317 g/mol. The molecule has 1 N–H and O–H groups in total. The molecule has 0 fully saturated rings. The van der Waals surface area contributed by atoms with Crippen LogP contribution in [0.1, 0.15) is 33.8 Å². The zero-order chi connectivity index (χ0) is 15.6. The van der Waals surface area contributed by atoms with E-state index in [2.05, 4.69) is 5.32 Å². The van der Waals surface area contributed by atoms with Gasteiger partial charge in [-0.3, -0.25) is 0 Å². The highest BCUT2D eigenvalue weighted by Gasteiger charge is 2.36. The molecule has 0 radical (unpaired) electrons. The van der Waals surface area contributed by atoms with Crippen molar-refractivity contribution in [3.8, 4) is 0 Å². The van der Waals surface area contributed by atoms with Gasteiger partial charge in [-0.2, -0.15) is 13.2 Å². The van der Waals surface area contributed by atoms with E-state index in [1.165, 1.54) is 11.3 Å². The van der Waals surface area contributed by atoms with Crippen LogP contribution in [0.25, 0.3) is 0 Å². The van der Waals surface area contributed by atoms with Crippen molar-refractivity contribution in [2.75, 3.05) is 6.54 Å². The molecule has 0 aliphatic carbocycles. The van der Waals surface area contributed by atoms with E-state index in [-0.39, 0.29) is 5.56 Å². The maximum Gasteiger partial charge on any atom is 0.416 e. The van der Waals surface area contributed by atoms with Crippen LogP contribution in [0.4, 0.5) is 17.6 Å². The third kappa shape index (κ3) is 3.63. The van der Waals surface area contributed by atoms with Gasteiger partial charge in [0.15, 0.2) is 0 Å². The SMILES string of the molecule is CCNC(c1ccc(C)s1)c1cc(F)ccc1C(F)(F)F. The molecular weight excluding hydrogens is 302 g/mol. The Labute approximate surface area is 124 Å². The number of thiophene rings is 1. The van der Waals surface area contributed by atoms with Crippen molar-refractivity contribution < 1.29 is 17.6 Å². The average Bonchev–Trinajstić information content (AvgIpc) is 2.80.